The summed E-state index contributed by atoms with van der Waals surface area (Å²) in [5, 5.41) is 0. The van der Waals surface area contributed by atoms with E-state index in [1.54, 1.807) is 30.3 Å². The third-order valence-electron chi connectivity index (χ3n) is 4.51. The Kier molecular flexibility index (Phi) is 6.22. The van der Waals surface area contributed by atoms with Gasteiger partial charge >= 0.3 is 5.97 Å². The first-order valence-electron chi connectivity index (χ1n) is 9.08. The van der Waals surface area contributed by atoms with Crippen LogP contribution < -0.4 is 4.74 Å². The molecule has 0 aliphatic carbocycles. The quantitative estimate of drug-likeness (QED) is 0.435. The Bertz CT molecular complexity index is 977. The van der Waals surface area contributed by atoms with Crippen molar-refractivity contribution in [2.24, 2.45) is 0 Å². The minimum atomic E-state index is -0.583. The number of benzene rings is 3. The van der Waals surface area contributed by atoms with E-state index in [0.29, 0.717) is 23.5 Å². The van der Waals surface area contributed by atoms with Gasteiger partial charge in [-0.05, 0) is 48.7 Å². The summed E-state index contributed by atoms with van der Waals surface area (Å²) in [6.45, 7) is 3.95. The van der Waals surface area contributed by atoms with Crippen LogP contribution in [0.1, 0.15) is 37.4 Å². The van der Waals surface area contributed by atoms with Crippen LogP contribution in [0.5, 0.6) is 5.75 Å². The summed E-state index contributed by atoms with van der Waals surface area (Å²) in [6, 6.07) is 22.0. The lowest BCUT2D eigenvalue weighted by Gasteiger charge is -2.11. The maximum Gasteiger partial charge on any atom is 0.342 e. The Hall–Kier alpha value is -3.40. The van der Waals surface area contributed by atoms with Crippen molar-refractivity contribution in [3.63, 3.8) is 0 Å². The fourth-order valence-corrected chi connectivity index (χ4v) is 2.70. The molecule has 3 aromatic carbocycles. The second kappa shape index (κ2) is 9.00. The molecule has 4 heteroatoms. The van der Waals surface area contributed by atoms with E-state index in [1.165, 1.54) is 0 Å². The zero-order valence-corrected chi connectivity index (χ0v) is 16.0. The Morgan fingerprint density at radius 1 is 0.821 bits per heavy atom. The Balaban J connectivity index is 1.64. The average molecular weight is 374 g/mol. The number of esters is 1. The summed E-state index contributed by atoms with van der Waals surface area (Å²) in [4.78, 5) is 24.8. The van der Waals surface area contributed by atoms with Gasteiger partial charge in [0.15, 0.2) is 12.4 Å². The fraction of sp³-hybridized carbons (Fsp3) is 0.167. The molecule has 0 spiro atoms. The third kappa shape index (κ3) is 4.86. The van der Waals surface area contributed by atoms with Gasteiger partial charge in [-0.3, -0.25) is 4.79 Å². The van der Waals surface area contributed by atoms with E-state index in [-0.39, 0.29) is 12.4 Å². The molecule has 142 valence electrons. The molecular weight excluding hydrogens is 352 g/mol. The Labute approximate surface area is 164 Å². The van der Waals surface area contributed by atoms with Gasteiger partial charge in [0, 0.05) is 5.56 Å². The number of hydrogen-bond acceptors (Lipinski definition) is 4. The first kappa shape index (κ1) is 19.4. The van der Waals surface area contributed by atoms with Gasteiger partial charge in [0.25, 0.3) is 0 Å². The number of para-hydroxylation sites is 1. The number of rotatable bonds is 7. The minimum absolute atomic E-state index is 0.237. The van der Waals surface area contributed by atoms with Crippen molar-refractivity contribution in [3.8, 4) is 5.75 Å². The Morgan fingerprint density at radius 2 is 1.54 bits per heavy atom. The van der Waals surface area contributed by atoms with Crippen LogP contribution in [0.4, 0.5) is 0 Å². The molecule has 0 amide bonds. The molecule has 0 aliphatic rings. The van der Waals surface area contributed by atoms with Crippen LogP contribution in [-0.4, -0.2) is 18.4 Å². The summed E-state index contributed by atoms with van der Waals surface area (Å²) >= 11 is 0. The molecule has 0 saturated carbocycles. The zero-order chi connectivity index (χ0) is 19.9. The molecule has 0 atom stereocenters. The molecular formula is C24H22O4. The topological polar surface area (TPSA) is 52.6 Å². The van der Waals surface area contributed by atoms with Gasteiger partial charge < -0.3 is 9.47 Å². The molecule has 0 aromatic heterocycles. The Morgan fingerprint density at radius 3 is 2.29 bits per heavy atom. The number of carbonyl (C=O) groups excluding carboxylic acids is 2. The first-order valence-corrected chi connectivity index (χ1v) is 9.08. The molecule has 0 N–H and O–H groups in total. The number of ketones is 1. The van der Waals surface area contributed by atoms with Crippen LogP contribution in [0.3, 0.4) is 0 Å². The van der Waals surface area contributed by atoms with Crippen molar-refractivity contribution < 1.29 is 19.1 Å². The largest absolute Gasteiger partial charge is 0.488 e. The fourth-order valence-electron chi connectivity index (χ4n) is 2.70. The average Bonchev–Trinajstić information content (AvgIpc) is 2.73. The highest BCUT2D eigenvalue weighted by atomic mass is 16.5. The van der Waals surface area contributed by atoms with Gasteiger partial charge in [0.1, 0.15) is 17.9 Å². The standard InChI is InChI=1S/C24H22O4/c1-17-12-13-20(14-18(17)2)22(25)16-28-24(26)21-10-6-7-11-23(21)27-15-19-8-4-3-5-9-19/h3-14H,15-16H2,1-2H3. The maximum atomic E-state index is 12.5. The molecule has 0 saturated heterocycles. The smallest absolute Gasteiger partial charge is 0.342 e. The second-order valence-electron chi connectivity index (χ2n) is 6.57. The van der Waals surface area contributed by atoms with Gasteiger partial charge in [0.05, 0.1) is 0 Å². The van der Waals surface area contributed by atoms with Crippen LogP contribution in [0.15, 0.2) is 72.8 Å². The number of hydrogen-bond donors (Lipinski definition) is 0. The van der Waals surface area contributed by atoms with Crippen molar-refractivity contribution in [3.05, 3.63) is 101 Å². The molecule has 3 aromatic rings. The number of ether oxygens (including phenoxy) is 2. The minimum Gasteiger partial charge on any atom is -0.488 e. The van der Waals surface area contributed by atoms with E-state index in [4.69, 9.17) is 9.47 Å². The van der Waals surface area contributed by atoms with Gasteiger partial charge in [0.2, 0.25) is 0 Å². The van der Waals surface area contributed by atoms with Crippen LogP contribution in [0.25, 0.3) is 0 Å². The monoisotopic (exact) mass is 374 g/mol. The number of Topliss-reactive ketones (excluding diaryl/α,β-unsaturated/α-hetero) is 1. The van der Waals surface area contributed by atoms with Gasteiger partial charge in [-0.25, -0.2) is 4.79 Å². The highest BCUT2D eigenvalue weighted by Crippen LogP contribution is 2.20. The first-order chi connectivity index (χ1) is 13.5. The number of carbonyl (C=O) groups is 2. The summed E-state index contributed by atoms with van der Waals surface area (Å²) in [6.07, 6.45) is 0. The van der Waals surface area contributed by atoms with Crippen molar-refractivity contribution in [1.82, 2.24) is 0 Å². The molecule has 28 heavy (non-hydrogen) atoms. The lowest BCUT2D eigenvalue weighted by molar-refractivity contribution is 0.0470. The molecule has 0 bridgehead atoms. The molecule has 0 radical (unpaired) electrons. The predicted molar refractivity (Wildman–Crippen MR) is 108 cm³/mol. The van der Waals surface area contributed by atoms with E-state index < -0.39 is 5.97 Å². The van der Waals surface area contributed by atoms with Crippen LogP contribution in [-0.2, 0) is 11.3 Å². The van der Waals surface area contributed by atoms with Crippen molar-refractivity contribution in [1.29, 1.82) is 0 Å². The van der Waals surface area contributed by atoms with Crippen LogP contribution in [0.2, 0.25) is 0 Å². The van der Waals surface area contributed by atoms with Gasteiger partial charge in [-0.1, -0.05) is 54.6 Å². The molecule has 3 rings (SSSR count). The molecule has 0 heterocycles. The summed E-state index contributed by atoms with van der Waals surface area (Å²) in [5.74, 6) is -0.394. The number of aryl methyl sites for hydroxylation is 2. The highest BCUT2D eigenvalue weighted by Gasteiger charge is 2.16. The van der Waals surface area contributed by atoms with Crippen molar-refractivity contribution >= 4 is 11.8 Å². The van der Waals surface area contributed by atoms with Crippen LogP contribution >= 0.6 is 0 Å². The van der Waals surface area contributed by atoms with E-state index in [1.807, 2.05) is 56.3 Å². The van der Waals surface area contributed by atoms with Gasteiger partial charge in [-0.15, -0.1) is 0 Å². The van der Waals surface area contributed by atoms with E-state index in [0.717, 1.165) is 16.7 Å². The second-order valence-corrected chi connectivity index (χ2v) is 6.57. The van der Waals surface area contributed by atoms with E-state index >= 15 is 0 Å². The van der Waals surface area contributed by atoms with Crippen molar-refractivity contribution in [2.75, 3.05) is 6.61 Å². The summed E-state index contributed by atoms with van der Waals surface area (Å²) in [5.41, 5.74) is 3.96. The molecule has 4 nitrogen and oxygen atoms in total. The molecule has 0 aliphatic heterocycles. The van der Waals surface area contributed by atoms with Crippen LogP contribution in [0, 0.1) is 13.8 Å². The predicted octanol–water partition coefficient (Wildman–Crippen LogP) is 4.92. The third-order valence-corrected chi connectivity index (χ3v) is 4.51. The zero-order valence-electron chi connectivity index (χ0n) is 16.0. The van der Waals surface area contributed by atoms with E-state index in [9.17, 15) is 9.59 Å². The molecule has 0 fully saturated rings. The summed E-state index contributed by atoms with van der Waals surface area (Å²) < 4.78 is 11.0. The highest BCUT2D eigenvalue weighted by molar-refractivity contribution is 6.00. The van der Waals surface area contributed by atoms with Crippen molar-refractivity contribution in [2.45, 2.75) is 20.5 Å². The van der Waals surface area contributed by atoms with E-state index in [2.05, 4.69) is 0 Å². The molecule has 0 unspecified atom stereocenters. The lowest BCUT2D eigenvalue weighted by atomic mass is 10.0. The SMILES string of the molecule is Cc1ccc(C(=O)COC(=O)c2ccccc2OCc2ccccc2)cc1C. The summed E-state index contributed by atoms with van der Waals surface area (Å²) in [7, 11) is 0. The normalized spacial score (nSPS) is 10.4. The van der Waals surface area contributed by atoms with Gasteiger partial charge in [-0.2, -0.15) is 0 Å². The lowest BCUT2D eigenvalue weighted by Crippen LogP contribution is -2.15. The maximum absolute atomic E-state index is 12.5.